The van der Waals surface area contributed by atoms with E-state index in [2.05, 4.69) is 5.32 Å². The molecular weight excluding hydrogens is 339 g/mol. The molecule has 138 valence electrons. The molecule has 6 nitrogen and oxygen atoms in total. The number of anilines is 1. The maximum absolute atomic E-state index is 12.9. The van der Waals surface area contributed by atoms with Crippen LogP contribution in [0.25, 0.3) is 0 Å². The lowest BCUT2D eigenvalue weighted by Crippen LogP contribution is -2.37. The van der Waals surface area contributed by atoms with Gasteiger partial charge in [-0.1, -0.05) is 0 Å². The molecular formula is C19H21FN2O4. The van der Waals surface area contributed by atoms with Crippen LogP contribution in [0.1, 0.15) is 17.3 Å². The average Bonchev–Trinajstić information content (AvgIpc) is 2.64. The van der Waals surface area contributed by atoms with Crippen LogP contribution >= 0.6 is 0 Å². The molecule has 2 aromatic rings. The van der Waals surface area contributed by atoms with Crippen LogP contribution in [-0.2, 0) is 4.79 Å². The molecule has 0 bridgehead atoms. The van der Waals surface area contributed by atoms with Crippen molar-refractivity contribution in [2.75, 3.05) is 32.2 Å². The van der Waals surface area contributed by atoms with Crippen LogP contribution in [0.2, 0.25) is 0 Å². The monoisotopic (exact) mass is 360 g/mol. The molecule has 0 unspecified atom stereocenters. The van der Waals surface area contributed by atoms with Gasteiger partial charge in [0, 0.05) is 31.6 Å². The Bertz CT molecular complexity index is 778. The van der Waals surface area contributed by atoms with E-state index in [1.54, 1.807) is 18.2 Å². The number of nitrogens with zero attached hydrogens (tertiary/aromatic N) is 1. The number of carbonyl (C=O) groups excluding carboxylic acids is 2. The number of nitrogens with one attached hydrogen (secondary N) is 1. The van der Waals surface area contributed by atoms with Gasteiger partial charge >= 0.3 is 0 Å². The fourth-order valence-corrected chi connectivity index (χ4v) is 2.44. The molecule has 0 aliphatic carbocycles. The summed E-state index contributed by atoms with van der Waals surface area (Å²) < 4.78 is 23.4. The summed E-state index contributed by atoms with van der Waals surface area (Å²) in [5.41, 5.74) is 0.898. The van der Waals surface area contributed by atoms with Crippen molar-refractivity contribution >= 4 is 17.5 Å². The normalized spacial score (nSPS) is 10.2. The van der Waals surface area contributed by atoms with Crippen molar-refractivity contribution in [1.29, 1.82) is 0 Å². The van der Waals surface area contributed by atoms with Gasteiger partial charge in [-0.05, 0) is 36.4 Å². The molecule has 0 atom stereocenters. The largest absolute Gasteiger partial charge is 0.497 e. The number of rotatable bonds is 7. The summed E-state index contributed by atoms with van der Waals surface area (Å²) in [5.74, 6) is 0.154. The molecule has 2 aromatic carbocycles. The van der Waals surface area contributed by atoms with E-state index in [1.165, 1.54) is 50.3 Å². The highest BCUT2D eigenvalue weighted by atomic mass is 19.1. The first-order valence-corrected chi connectivity index (χ1v) is 8.00. The third-order valence-corrected chi connectivity index (χ3v) is 3.78. The van der Waals surface area contributed by atoms with Crippen LogP contribution in [0.4, 0.5) is 10.1 Å². The number of halogens is 1. The van der Waals surface area contributed by atoms with Gasteiger partial charge in [0.2, 0.25) is 5.91 Å². The third kappa shape index (κ3) is 4.72. The number of benzene rings is 2. The summed E-state index contributed by atoms with van der Waals surface area (Å²) >= 11 is 0. The zero-order chi connectivity index (χ0) is 19.1. The number of carbonyl (C=O) groups is 2. The molecule has 2 amide bonds. The highest BCUT2D eigenvalue weighted by Crippen LogP contribution is 2.32. The molecule has 0 aromatic heterocycles. The molecule has 0 saturated carbocycles. The summed E-state index contributed by atoms with van der Waals surface area (Å²) in [6.45, 7) is 1.89. The first kappa shape index (κ1) is 19.2. The first-order valence-electron chi connectivity index (χ1n) is 8.00. The zero-order valence-corrected chi connectivity index (χ0v) is 14.9. The van der Waals surface area contributed by atoms with Gasteiger partial charge in [-0.25, -0.2) is 4.39 Å². The van der Waals surface area contributed by atoms with Crippen LogP contribution in [0.5, 0.6) is 11.5 Å². The Morgan fingerprint density at radius 2 is 1.77 bits per heavy atom. The number of hydrogen-bond acceptors (Lipinski definition) is 4. The SMILES string of the molecule is COc1ccc(OC)c(N(CCNC(=O)c2ccc(F)cc2)C(C)=O)c1. The topological polar surface area (TPSA) is 67.9 Å². The Kier molecular flexibility index (Phi) is 6.54. The molecule has 0 aliphatic heterocycles. The predicted molar refractivity (Wildman–Crippen MR) is 96.3 cm³/mol. The molecule has 7 heteroatoms. The summed E-state index contributed by atoms with van der Waals surface area (Å²) in [5, 5.41) is 2.71. The second-order valence-electron chi connectivity index (χ2n) is 5.47. The Hall–Kier alpha value is -3.09. The molecule has 1 N–H and O–H groups in total. The van der Waals surface area contributed by atoms with Gasteiger partial charge in [-0.2, -0.15) is 0 Å². The van der Waals surface area contributed by atoms with Crippen molar-refractivity contribution in [3.8, 4) is 11.5 Å². The summed E-state index contributed by atoms with van der Waals surface area (Å²) in [4.78, 5) is 25.6. The van der Waals surface area contributed by atoms with Crippen molar-refractivity contribution in [3.05, 3.63) is 53.8 Å². The van der Waals surface area contributed by atoms with Crippen molar-refractivity contribution in [2.45, 2.75) is 6.92 Å². The van der Waals surface area contributed by atoms with Gasteiger partial charge in [0.25, 0.3) is 5.91 Å². The van der Waals surface area contributed by atoms with Gasteiger partial charge in [0.05, 0.1) is 19.9 Å². The lowest BCUT2D eigenvalue weighted by molar-refractivity contribution is -0.116. The maximum atomic E-state index is 12.9. The first-order chi connectivity index (χ1) is 12.5. The lowest BCUT2D eigenvalue weighted by Gasteiger charge is -2.24. The van der Waals surface area contributed by atoms with Crippen LogP contribution < -0.4 is 19.7 Å². The molecule has 2 rings (SSSR count). The number of hydrogen-bond donors (Lipinski definition) is 1. The summed E-state index contributed by atoms with van der Waals surface area (Å²) in [7, 11) is 3.05. The van der Waals surface area contributed by atoms with E-state index in [9.17, 15) is 14.0 Å². The molecule has 0 heterocycles. The van der Waals surface area contributed by atoms with Crippen LogP contribution in [-0.4, -0.2) is 39.1 Å². The van der Waals surface area contributed by atoms with E-state index in [-0.39, 0.29) is 24.9 Å². The Morgan fingerprint density at radius 1 is 1.08 bits per heavy atom. The minimum absolute atomic E-state index is 0.201. The van der Waals surface area contributed by atoms with Crippen LogP contribution in [0.15, 0.2) is 42.5 Å². The Balaban J connectivity index is 2.08. The van der Waals surface area contributed by atoms with Gasteiger partial charge in [0.1, 0.15) is 17.3 Å². The predicted octanol–water partition coefficient (Wildman–Crippen LogP) is 2.63. The van der Waals surface area contributed by atoms with Crippen molar-refractivity contribution in [3.63, 3.8) is 0 Å². The van der Waals surface area contributed by atoms with Gasteiger partial charge < -0.3 is 19.7 Å². The fourth-order valence-electron chi connectivity index (χ4n) is 2.44. The second-order valence-corrected chi connectivity index (χ2v) is 5.47. The van der Waals surface area contributed by atoms with Crippen molar-refractivity contribution in [1.82, 2.24) is 5.32 Å². The van der Waals surface area contributed by atoms with Gasteiger partial charge in [-0.3, -0.25) is 9.59 Å². The minimum atomic E-state index is -0.408. The summed E-state index contributed by atoms with van der Waals surface area (Å²) in [6, 6.07) is 10.4. The van der Waals surface area contributed by atoms with E-state index in [0.717, 1.165) is 0 Å². The number of ether oxygens (including phenoxy) is 2. The molecule has 0 fully saturated rings. The highest BCUT2D eigenvalue weighted by molar-refractivity contribution is 5.95. The van der Waals surface area contributed by atoms with Crippen LogP contribution in [0, 0.1) is 5.82 Å². The van der Waals surface area contributed by atoms with Gasteiger partial charge in [-0.15, -0.1) is 0 Å². The number of methoxy groups -OCH3 is 2. The van der Waals surface area contributed by atoms with E-state index < -0.39 is 5.82 Å². The molecule has 26 heavy (non-hydrogen) atoms. The minimum Gasteiger partial charge on any atom is -0.497 e. The van der Waals surface area contributed by atoms with E-state index in [1.807, 2.05) is 0 Å². The van der Waals surface area contributed by atoms with Crippen LogP contribution in [0.3, 0.4) is 0 Å². The Labute approximate surface area is 151 Å². The maximum Gasteiger partial charge on any atom is 0.251 e. The Morgan fingerprint density at radius 3 is 2.35 bits per heavy atom. The average molecular weight is 360 g/mol. The zero-order valence-electron chi connectivity index (χ0n) is 14.9. The smallest absolute Gasteiger partial charge is 0.251 e. The number of amides is 2. The highest BCUT2D eigenvalue weighted by Gasteiger charge is 2.17. The van der Waals surface area contributed by atoms with E-state index >= 15 is 0 Å². The van der Waals surface area contributed by atoms with Crippen molar-refractivity contribution < 1.29 is 23.5 Å². The second kappa shape index (κ2) is 8.84. The standard InChI is InChI=1S/C19H21FN2O4/c1-13(23)22(17-12-16(25-2)8-9-18(17)26-3)11-10-21-19(24)14-4-6-15(20)7-5-14/h4-9,12H,10-11H2,1-3H3,(H,21,24). The quantitative estimate of drug-likeness (QED) is 0.824. The van der Waals surface area contributed by atoms with Crippen molar-refractivity contribution in [2.24, 2.45) is 0 Å². The summed E-state index contributed by atoms with van der Waals surface area (Å²) in [6.07, 6.45) is 0. The van der Waals surface area contributed by atoms with Gasteiger partial charge in [0.15, 0.2) is 0 Å². The lowest BCUT2D eigenvalue weighted by atomic mass is 10.2. The molecule has 0 aliphatic rings. The molecule has 0 radical (unpaired) electrons. The van der Waals surface area contributed by atoms with E-state index in [0.29, 0.717) is 22.7 Å². The van der Waals surface area contributed by atoms with E-state index in [4.69, 9.17) is 9.47 Å². The fraction of sp³-hybridized carbons (Fsp3) is 0.263. The third-order valence-electron chi connectivity index (χ3n) is 3.78. The molecule has 0 saturated heterocycles. The molecule has 0 spiro atoms.